The number of aromatic amines is 2. The molecule has 0 unspecified atom stereocenters. The summed E-state index contributed by atoms with van der Waals surface area (Å²) in [6.07, 6.45) is 29.9. The van der Waals surface area contributed by atoms with E-state index in [1.807, 2.05) is 0 Å². The first-order valence-electron chi connectivity index (χ1n) is 34.3. The van der Waals surface area contributed by atoms with E-state index in [-0.39, 0.29) is 41.1 Å². The molecule has 2 bridgehead atoms. The fourth-order valence-electron chi connectivity index (χ4n) is 24.0. The number of epoxide rings is 1. The highest BCUT2D eigenvalue weighted by atomic mass is 16.6. The van der Waals surface area contributed by atoms with Crippen LogP contribution in [-0.4, -0.2) is 73.4 Å². The zero-order chi connectivity index (χ0) is 57.4. The minimum atomic E-state index is -0.771. The van der Waals surface area contributed by atoms with Crippen LogP contribution in [0.4, 0.5) is 0 Å². The molecule has 9 heteroatoms. The molecular formula is C74H101N3O6. The van der Waals surface area contributed by atoms with Crippen LogP contribution < -0.4 is 0 Å². The van der Waals surface area contributed by atoms with Gasteiger partial charge in [0.2, 0.25) is 0 Å². The Bertz CT molecular complexity index is 3210. The Labute approximate surface area is 496 Å². The van der Waals surface area contributed by atoms with Crippen molar-refractivity contribution < 1.29 is 29.3 Å². The van der Waals surface area contributed by atoms with Gasteiger partial charge in [-0.1, -0.05) is 111 Å². The molecule has 4 N–H and O–H groups in total. The number of fused-ring (bicyclic) bond motifs is 8. The second kappa shape index (κ2) is 19.6. The first kappa shape index (κ1) is 55.8. The Hall–Kier alpha value is -3.76. The highest BCUT2D eigenvalue weighted by molar-refractivity contribution is 6.04. The molecule has 8 aliphatic carbocycles. The molecule has 4 aromatic rings. The highest BCUT2D eigenvalue weighted by Crippen LogP contribution is 2.85. The number of aromatic nitrogens is 3. The summed E-state index contributed by atoms with van der Waals surface area (Å²) in [5.74, 6) is 1.76. The minimum absolute atomic E-state index is 0.122. The zero-order valence-corrected chi connectivity index (χ0v) is 52.0. The van der Waals surface area contributed by atoms with Crippen LogP contribution in [0.25, 0.3) is 11.0 Å². The first-order chi connectivity index (χ1) is 39.8. The van der Waals surface area contributed by atoms with Crippen LogP contribution in [0.2, 0.25) is 0 Å². The van der Waals surface area contributed by atoms with Gasteiger partial charge in [-0.25, -0.2) is 0 Å². The molecule has 0 amide bonds. The van der Waals surface area contributed by atoms with Gasteiger partial charge >= 0.3 is 0 Å². The quantitative estimate of drug-likeness (QED) is 0.0825. The predicted octanol–water partition coefficient (Wildman–Crippen LogP) is 15.7. The molecular weight excluding hydrogens is 1030 g/mol. The summed E-state index contributed by atoms with van der Waals surface area (Å²) < 4.78 is 14.8. The van der Waals surface area contributed by atoms with Gasteiger partial charge < -0.3 is 34.2 Å². The Morgan fingerprint density at radius 1 is 0.819 bits per heavy atom. The largest absolute Gasteiger partial charge is 0.392 e. The molecule has 6 saturated carbocycles. The number of unbranched alkanes of at least 4 members (excludes halogenated alkanes) is 2. The number of carbonyl (C=O) groups excluding carboxylic acids is 2. The molecule has 9 nitrogen and oxygen atoms in total. The molecule has 2 saturated heterocycles. The topological polar surface area (TPSA) is 133 Å². The molecule has 0 radical (unpaired) electrons. The maximum atomic E-state index is 16.9. The third-order valence-corrected chi connectivity index (χ3v) is 28.0. The molecule has 448 valence electrons. The van der Waals surface area contributed by atoms with Gasteiger partial charge in [0.15, 0.2) is 5.78 Å². The van der Waals surface area contributed by atoms with Crippen LogP contribution in [0.1, 0.15) is 259 Å². The van der Waals surface area contributed by atoms with Crippen LogP contribution in [0, 0.1) is 62.1 Å². The molecule has 6 heterocycles. The number of carbonyl (C=O) groups is 2. The molecule has 15 atom stereocenters. The number of aliphatic hydroxyl groups is 2. The van der Waals surface area contributed by atoms with Crippen LogP contribution in [0.3, 0.4) is 0 Å². The van der Waals surface area contributed by atoms with Gasteiger partial charge in [-0.05, 0) is 212 Å². The number of rotatable bonds is 12. The second-order valence-corrected chi connectivity index (χ2v) is 32.0. The lowest BCUT2D eigenvalue weighted by atomic mass is 9.27. The Balaban J connectivity index is 0.934. The van der Waals surface area contributed by atoms with Gasteiger partial charge in [0.05, 0.1) is 34.8 Å². The maximum absolute atomic E-state index is 16.9. The Kier molecular flexibility index (Phi) is 13.2. The van der Waals surface area contributed by atoms with Crippen molar-refractivity contribution in [2.24, 2.45) is 62.1 Å². The van der Waals surface area contributed by atoms with E-state index in [2.05, 4.69) is 113 Å². The number of ketones is 2. The predicted molar refractivity (Wildman–Crippen MR) is 327 cm³/mol. The number of hydrogen-bond acceptors (Lipinski definition) is 6. The molecule has 3 aromatic heterocycles. The van der Waals surface area contributed by atoms with Gasteiger partial charge in [-0.2, -0.15) is 0 Å². The van der Waals surface area contributed by atoms with Crippen molar-refractivity contribution in [2.75, 3.05) is 13.2 Å². The van der Waals surface area contributed by atoms with E-state index in [0.29, 0.717) is 54.6 Å². The molecule has 8 fully saturated rings. The standard InChI is InChI=1S/C74H101N3O6/c1-9-10-12-21-54-64(80)59-57-53(63(79)65-70(5,72(54,57)7)29-24-56-71(6,51-19-15-16-20-51)66(81)58-52-25-31-75-60(52)46-23-30-74(58,38-46)73(56,65)8)42-77-41-50(61-62(77)47(40-76-61)22-28-69(59,4)39-55(78)67-68(2,3)83-67)36-43-34-48(44-17-13-11-14-18-44)37-49(35-43)45-26-32-82-33-27-45/h25,31,34-35,37,40-41,44-46,51,53-56,58,63,65,67,75-76,78-79H,9-24,26-30,32-33,36,38-39,42H2,1-8H3/t46-,53+,54-,55+,56-,58-,63+,65-,67+,69-,70-,71-,72-,73+,74-/m0/s1. The van der Waals surface area contributed by atoms with Gasteiger partial charge in [-0.3, -0.25) is 9.59 Å². The number of allylic oxidation sites excluding steroid dienone is 1. The van der Waals surface area contributed by atoms with Crippen molar-refractivity contribution >= 4 is 22.6 Å². The Morgan fingerprint density at radius 3 is 2.27 bits per heavy atom. The molecule has 1 aromatic carbocycles. The number of benzene rings is 1. The van der Waals surface area contributed by atoms with Crippen LogP contribution >= 0.6 is 0 Å². The number of H-pyrrole nitrogens is 2. The molecule has 15 rings (SSSR count). The third kappa shape index (κ3) is 7.75. The summed E-state index contributed by atoms with van der Waals surface area (Å²) in [6, 6.07) is 9.98. The normalized spacial score (nSPS) is 40.7. The number of hydrogen-bond donors (Lipinski definition) is 4. The van der Waals surface area contributed by atoms with Crippen molar-refractivity contribution in [1.29, 1.82) is 0 Å². The summed E-state index contributed by atoms with van der Waals surface area (Å²) in [5.41, 5.74) is 10.8. The maximum Gasteiger partial charge on any atom is 0.163 e. The molecule has 1 spiro atoms. The lowest BCUT2D eigenvalue weighted by molar-refractivity contribution is -0.275. The van der Waals surface area contributed by atoms with E-state index < -0.39 is 44.9 Å². The smallest absolute Gasteiger partial charge is 0.163 e. The average Bonchev–Trinajstić information content (AvgIpc) is 2.01. The molecule has 83 heavy (non-hydrogen) atoms. The fraction of sp³-hybridized carbons (Fsp3) is 0.730. The molecule has 11 aliphatic rings. The van der Waals surface area contributed by atoms with E-state index in [1.165, 1.54) is 101 Å². The van der Waals surface area contributed by atoms with Gasteiger partial charge in [0, 0.05) is 78.7 Å². The monoisotopic (exact) mass is 1130 g/mol. The van der Waals surface area contributed by atoms with Gasteiger partial charge in [-0.15, -0.1) is 0 Å². The van der Waals surface area contributed by atoms with Gasteiger partial charge in [0.1, 0.15) is 11.9 Å². The summed E-state index contributed by atoms with van der Waals surface area (Å²) in [6.45, 7) is 21.3. The summed E-state index contributed by atoms with van der Waals surface area (Å²) >= 11 is 0. The lowest BCUT2D eigenvalue weighted by Gasteiger charge is -2.76. The minimum Gasteiger partial charge on any atom is -0.392 e. The number of aliphatic hydroxyl groups excluding tert-OH is 2. The lowest BCUT2D eigenvalue weighted by Crippen LogP contribution is -2.75. The van der Waals surface area contributed by atoms with E-state index in [0.717, 1.165) is 115 Å². The number of nitrogens with one attached hydrogen (secondary N) is 2. The number of ether oxygens (including phenoxy) is 2. The van der Waals surface area contributed by atoms with Crippen molar-refractivity contribution in [1.82, 2.24) is 14.5 Å². The molecule has 3 aliphatic heterocycles. The Morgan fingerprint density at radius 2 is 1.54 bits per heavy atom. The summed E-state index contributed by atoms with van der Waals surface area (Å²) in [4.78, 5) is 41.0. The van der Waals surface area contributed by atoms with Crippen molar-refractivity contribution in [2.45, 2.75) is 264 Å². The van der Waals surface area contributed by atoms with Crippen molar-refractivity contribution in [3.05, 3.63) is 93.1 Å². The van der Waals surface area contributed by atoms with E-state index in [1.54, 1.807) is 0 Å². The zero-order valence-electron chi connectivity index (χ0n) is 52.0. The SMILES string of the molecule is CCCCC[C@H]1C(=O)C2=C3[C@@H](Cn4cc(Cc5cc(C6CCCCC6)cc(C6CCOCC6)c5)c5[nH]cc(c54)CC[C@@]2(C)C[C@@H](O)[C@H]2OC2(C)C)[C@@H](O)[C@@H]2[C@@]4(C)[C@@H](CC[C@]2(C)[C@]31C)[C@](C)(C1CCCC1)C(=O)[C@@H]1c2cc[nH]c2[C@H]2CC[C@]14C2. The van der Waals surface area contributed by atoms with Crippen LogP contribution in [-0.2, 0) is 38.4 Å². The summed E-state index contributed by atoms with van der Waals surface area (Å²) in [5, 5.41) is 27.5. The first-order valence-corrected chi connectivity index (χ1v) is 34.3. The van der Waals surface area contributed by atoms with E-state index >= 15 is 9.59 Å². The fourth-order valence-corrected chi connectivity index (χ4v) is 24.0. The third-order valence-electron chi connectivity index (χ3n) is 28.0. The van der Waals surface area contributed by atoms with E-state index in [9.17, 15) is 10.2 Å². The second-order valence-electron chi connectivity index (χ2n) is 32.0. The van der Waals surface area contributed by atoms with E-state index in [4.69, 9.17) is 9.47 Å². The number of Topliss-reactive ketones (excluding diaryl/α,β-unsaturated/α-hetero) is 2. The van der Waals surface area contributed by atoms with Crippen molar-refractivity contribution in [3.8, 4) is 0 Å². The summed E-state index contributed by atoms with van der Waals surface area (Å²) in [7, 11) is 0. The van der Waals surface area contributed by atoms with Crippen LogP contribution in [0.5, 0.6) is 0 Å². The van der Waals surface area contributed by atoms with Crippen LogP contribution in [0.15, 0.2) is 54.0 Å². The van der Waals surface area contributed by atoms with Crippen molar-refractivity contribution in [3.63, 3.8) is 0 Å². The number of aryl methyl sites for hydroxylation is 1. The number of nitrogens with zero attached hydrogens (tertiary/aromatic N) is 1. The highest BCUT2D eigenvalue weighted by Gasteiger charge is 2.82. The van der Waals surface area contributed by atoms with Gasteiger partial charge in [0.25, 0.3) is 0 Å². The average molecular weight is 1130 g/mol.